The highest BCUT2D eigenvalue weighted by molar-refractivity contribution is 7.86. The van der Waals surface area contributed by atoms with E-state index in [0.29, 0.717) is 19.6 Å². The molecule has 0 aliphatic carbocycles. The number of hydrogen-bond acceptors (Lipinski definition) is 4. The molecule has 20 heavy (non-hydrogen) atoms. The Morgan fingerprint density at radius 1 is 1.20 bits per heavy atom. The first-order valence-electron chi connectivity index (χ1n) is 7.50. The Hall–Kier alpha value is -0.210. The van der Waals surface area contributed by atoms with Crippen molar-refractivity contribution in [1.29, 1.82) is 0 Å². The molecule has 0 amide bonds. The molecular formula is C13H27N3O3S. The smallest absolute Gasteiger partial charge is 0.282 e. The molecule has 2 aliphatic heterocycles. The third-order valence-corrected chi connectivity index (χ3v) is 6.11. The predicted octanol–water partition coefficient (Wildman–Crippen LogP) is 0.542. The van der Waals surface area contributed by atoms with Crippen LogP contribution in [-0.4, -0.2) is 61.0 Å². The van der Waals surface area contributed by atoms with Crippen LogP contribution in [0.5, 0.6) is 0 Å². The van der Waals surface area contributed by atoms with Crippen molar-refractivity contribution in [1.82, 2.24) is 8.61 Å². The Bertz CT molecular complexity index is 417. The molecule has 2 saturated heterocycles. The summed E-state index contributed by atoms with van der Waals surface area (Å²) in [4.78, 5) is 0. The molecule has 4 atom stereocenters. The van der Waals surface area contributed by atoms with Crippen LogP contribution in [0.3, 0.4) is 0 Å². The van der Waals surface area contributed by atoms with Gasteiger partial charge in [-0.1, -0.05) is 6.42 Å². The van der Waals surface area contributed by atoms with Crippen LogP contribution in [0.1, 0.15) is 40.0 Å². The second kappa shape index (κ2) is 6.27. The zero-order valence-corrected chi connectivity index (χ0v) is 13.5. The molecular weight excluding hydrogens is 278 g/mol. The molecule has 0 saturated carbocycles. The number of hydrogen-bond donors (Lipinski definition) is 1. The third kappa shape index (κ3) is 3.33. The Morgan fingerprint density at radius 2 is 1.80 bits per heavy atom. The van der Waals surface area contributed by atoms with Crippen LogP contribution in [0.15, 0.2) is 0 Å². The van der Waals surface area contributed by atoms with E-state index < -0.39 is 10.2 Å². The molecule has 0 spiro atoms. The van der Waals surface area contributed by atoms with Gasteiger partial charge in [0.2, 0.25) is 0 Å². The molecule has 2 rings (SSSR count). The van der Waals surface area contributed by atoms with Gasteiger partial charge in [0.1, 0.15) is 0 Å². The molecule has 118 valence electrons. The fraction of sp³-hybridized carbons (Fsp3) is 1.00. The van der Waals surface area contributed by atoms with E-state index in [-0.39, 0.29) is 24.3 Å². The monoisotopic (exact) mass is 305 g/mol. The molecule has 7 heteroatoms. The van der Waals surface area contributed by atoms with Gasteiger partial charge >= 0.3 is 0 Å². The number of nitrogens with zero attached hydrogens (tertiary/aromatic N) is 2. The molecule has 2 fully saturated rings. The van der Waals surface area contributed by atoms with Gasteiger partial charge in [0.05, 0.1) is 12.2 Å². The highest BCUT2D eigenvalue weighted by Crippen LogP contribution is 2.26. The summed E-state index contributed by atoms with van der Waals surface area (Å²) in [7, 11) is -3.44. The zero-order valence-electron chi connectivity index (χ0n) is 12.7. The van der Waals surface area contributed by atoms with E-state index in [9.17, 15) is 8.42 Å². The van der Waals surface area contributed by atoms with Crippen LogP contribution in [0.2, 0.25) is 0 Å². The largest absolute Gasteiger partial charge is 0.373 e. The molecule has 0 aromatic carbocycles. The van der Waals surface area contributed by atoms with E-state index in [1.54, 1.807) is 8.61 Å². The predicted molar refractivity (Wildman–Crippen MR) is 78.5 cm³/mol. The Kier molecular flexibility index (Phi) is 5.07. The minimum absolute atomic E-state index is 0.0629. The minimum atomic E-state index is -3.44. The van der Waals surface area contributed by atoms with Crippen molar-refractivity contribution in [3.63, 3.8) is 0 Å². The van der Waals surface area contributed by atoms with Crippen LogP contribution in [-0.2, 0) is 14.9 Å². The number of morpholine rings is 1. The van der Waals surface area contributed by atoms with Gasteiger partial charge < -0.3 is 10.5 Å². The molecule has 0 bridgehead atoms. The lowest BCUT2D eigenvalue weighted by atomic mass is 10.00. The summed E-state index contributed by atoms with van der Waals surface area (Å²) in [6, 6.07) is -0.219. The fourth-order valence-electron chi connectivity index (χ4n) is 3.21. The second-order valence-electron chi connectivity index (χ2n) is 6.12. The molecule has 2 aliphatic rings. The van der Waals surface area contributed by atoms with Gasteiger partial charge in [-0.2, -0.15) is 17.0 Å². The molecule has 4 unspecified atom stereocenters. The first kappa shape index (κ1) is 16.2. The summed E-state index contributed by atoms with van der Waals surface area (Å²) in [5.74, 6) is 0. The van der Waals surface area contributed by atoms with Gasteiger partial charge in [0, 0.05) is 31.7 Å². The van der Waals surface area contributed by atoms with Crippen LogP contribution in [0.4, 0.5) is 0 Å². The van der Waals surface area contributed by atoms with Crippen molar-refractivity contribution in [2.24, 2.45) is 5.73 Å². The van der Waals surface area contributed by atoms with Crippen LogP contribution in [0.25, 0.3) is 0 Å². The van der Waals surface area contributed by atoms with Gasteiger partial charge in [-0.25, -0.2) is 0 Å². The lowest BCUT2D eigenvalue weighted by Crippen LogP contribution is -2.59. The normalized spacial score (nSPS) is 35.9. The Balaban J connectivity index is 2.19. The molecule has 0 aromatic heterocycles. The Labute approximate surface area is 122 Å². The maximum atomic E-state index is 12.9. The van der Waals surface area contributed by atoms with Crippen molar-refractivity contribution in [3.05, 3.63) is 0 Å². The maximum absolute atomic E-state index is 12.9. The van der Waals surface area contributed by atoms with Gasteiger partial charge in [-0.3, -0.25) is 0 Å². The lowest BCUT2D eigenvalue weighted by Gasteiger charge is -2.42. The number of rotatable bonds is 3. The standard InChI is InChI=1S/C13H27N3O3S/c1-10-8-15(9-11(2)19-10)20(17,18)16-7-5-4-6-13(16)12(3)14/h10-13H,4-9,14H2,1-3H3. The van der Waals surface area contributed by atoms with E-state index in [1.807, 2.05) is 20.8 Å². The molecule has 6 nitrogen and oxygen atoms in total. The first-order valence-corrected chi connectivity index (χ1v) is 8.90. The fourth-order valence-corrected chi connectivity index (χ4v) is 5.30. The summed E-state index contributed by atoms with van der Waals surface area (Å²) in [5, 5.41) is 0. The molecule has 2 heterocycles. The quantitative estimate of drug-likeness (QED) is 0.826. The minimum Gasteiger partial charge on any atom is -0.373 e. The van der Waals surface area contributed by atoms with Crippen molar-refractivity contribution in [2.75, 3.05) is 19.6 Å². The summed E-state index contributed by atoms with van der Waals surface area (Å²) < 4.78 is 34.6. The molecule has 2 N–H and O–H groups in total. The van der Waals surface area contributed by atoms with Gasteiger partial charge in [0.15, 0.2) is 0 Å². The summed E-state index contributed by atoms with van der Waals surface area (Å²) in [5.41, 5.74) is 5.99. The average Bonchev–Trinajstić information content (AvgIpc) is 2.37. The van der Waals surface area contributed by atoms with Crippen LogP contribution < -0.4 is 5.73 Å². The first-order chi connectivity index (χ1) is 9.32. The van der Waals surface area contributed by atoms with E-state index in [1.165, 1.54) is 0 Å². The lowest BCUT2D eigenvalue weighted by molar-refractivity contribution is -0.0460. The highest BCUT2D eigenvalue weighted by Gasteiger charge is 2.40. The molecule has 0 aromatic rings. The van der Waals surface area contributed by atoms with Crippen LogP contribution in [0, 0.1) is 0 Å². The van der Waals surface area contributed by atoms with Crippen molar-refractivity contribution in [2.45, 2.75) is 64.3 Å². The Morgan fingerprint density at radius 3 is 2.35 bits per heavy atom. The second-order valence-corrected chi connectivity index (χ2v) is 8.00. The zero-order chi connectivity index (χ0) is 14.9. The maximum Gasteiger partial charge on any atom is 0.282 e. The van der Waals surface area contributed by atoms with E-state index in [4.69, 9.17) is 10.5 Å². The van der Waals surface area contributed by atoms with E-state index in [2.05, 4.69) is 0 Å². The van der Waals surface area contributed by atoms with Crippen molar-refractivity contribution < 1.29 is 13.2 Å². The van der Waals surface area contributed by atoms with Gasteiger partial charge in [0.25, 0.3) is 10.2 Å². The van der Waals surface area contributed by atoms with Gasteiger partial charge in [-0.15, -0.1) is 0 Å². The summed E-state index contributed by atoms with van der Waals surface area (Å²) in [6.45, 7) is 7.15. The summed E-state index contributed by atoms with van der Waals surface area (Å²) in [6.07, 6.45) is 2.69. The number of piperidine rings is 1. The number of nitrogens with two attached hydrogens (primary N) is 1. The van der Waals surface area contributed by atoms with Crippen molar-refractivity contribution >= 4 is 10.2 Å². The topological polar surface area (TPSA) is 75.9 Å². The van der Waals surface area contributed by atoms with Gasteiger partial charge in [-0.05, 0) is 33.6 Å². The third-order valence-electron chi connectivity index (χ3n) is 4.11. The van der Waals surface area contributed by atoms with E-state index >= 15 is 0 Å². The van der Waals surface area contributed by atoms with Crippen molar-refractivity contribution in [3.8, 4) is 0 Å². The molecule has 0 radical (unpaired) electrons. The van der Waals surface area contributed by atoms with Crippen LogP contribution >= 0.6 is 0 Å². The average molecular weight is 305 g/mol. The number of ether oxygens (including phenoxy) is 1. The summed E-state index contributed by atoms with van der Waals surface area (Å²) >= 11 is 0. The van der Waals surface area contributed by atoms with E-state index in [0.717, 1.165) is 19.3 Å². The SMILES string of the molecule is CC1CN(S(=O)(=O)N2CCCCC2C(C)N)CC(C)O1. The highest BCUT2D eigenvalue weighted by atomic mass is 32.2.